The topological polar surface area (TPSA) is 78.8 Å². The van der Waals surface area contributed by atoms with Crippen LogP contribution in [0.25, 0.3) is 0 Å². The molecule has 0 spiro atoms. The summed E-state index contributed by atoms with van der Waals surface area (Å²) in [4.78, 5) is 23.1. The third-order valence-electron chi connectivity index (χ3n) is 5.06. The number of hydrogen-bond donors (Lipinski definition) is 2. The van der Waals surface area contributed by atoms with Crippen LogP contribution >= 0.6 is 0 Å². The monoisotopic (exact) mass is 409 g/mol. The number of nitrogens with zero attached hydrogens (tertiary/aromatic N) is 3. The molecular formula is C23H31N5O2. The second-order valence-corrected chi connectivity index (χ2v) is 7.40. The van der Waals surface area contributed by atoms with Crippen LogP contribution in [0.2, 0.25) is 0 Å². The van der Waals surface area contributed by atoms with Crippen LogP contribution in [-0.2, 0) is 4.74 Å². The molecule has 2 aromatic rings. The van der Waals surface area contributed by atoms with E-state index in [0.29, 0.717) is 25.3 Å². The molecular weight excluding hydrogens is 378 g/mol. The van der Waals surface area contributed by atoms with Gasteiger partial charge in [-0.3, -0.25) is 14.8 Å². The molecule has 1 aromatic carbocycles. The number of aliphatic imine (C=N–C) groups is 1. The predicted octanol–water partition coefficient (Wildman–Crippen LogP) is 2.47. The van der Waals surface area contributed by atoms with Crippen molar-refractivity contribution in [3.05, 3.63) is 65.0 Å². The summed E-state index contributed by atoms with van der Waals surface area (Å²) in [6, 6.07) is 9.99. The lowest BCUT2D eigenvalue weighted by Crippen LogP contribution is -2.48. The molecule has 1 amide bonds. The maximum Gasteiger partial charge on any atom is 0.252 e. The largest absolute Gasteiger partial charge is 0.370 e. The molecule has 1 atom stereocenters. The van der Waals surface area contributed by atoms with Crippen molar-refractivity contribution in [2.75, 3.05) is 39.3 Å². The number of carbonyl (C=O) groups excluding carboxylic acids is 1. The first-order valence-corrected chi connectivity index (χ1v) is 10.5. The zero-order chi connectivity index (χ0) is 21.3. The van der Waals surface area contributed by atoms with Gasteiger partial charge < -0.3 is 20.3 Å². The van der Waals surface area contributed by atoms with E-state index < -0.39 is 0 Å². The highest BCUT2D eigenvalue weighted by Gasteiger charge is 2.25. The van der Waals surface area contributed by atoms with Gasteiger partial charge in [-0.2, -0.15) is 0 Å². The number of hydrogen-bond acceptors (Lipinski definition) is 4. The van der Waals surface area contributed by atoms with E-state index in [2.05, 4.69) is 59.5 Å². The Balaban J connectivity index is 1.59. The molecule has 1 aliphatic rings. The molecule has 1 saturated heterocycles. The fraction of sp³-hybridized carbons (Fsp3) is 0.435. The molecule has 2 N–H and O–H groups in total. The van der Waals surface area contributed by atoms with Crippen molar-refractivity contribution in [3.63, 3.8) is 0 Å². The summed E-state index contributed by atoms with van der Waals surface area (Å²) in [5.41, 5.74) is 4.29. The smallest absolute Gasteiger partial charge is 0.252 e. The summed E-state index contributed by atoms with van der Waals surface area (Å²) in [6.45, 7) is 10.2. The molecule has 1 fully saturated rings. The average molecular weight is 410 g/mol. The Morgan fingerprint density at radius 1 is 1.30 bits per heavy atom. The van der Waals surface area contributed by atoms with Crippen molar-refractivity contribution in [1.82, 2.24) is 20.5 Å². The van der Waals surface area contributed by atoms with Crippen molar-refractivity contribution < 1.29 is 9.53 Å². The van der Waals surface area contributed by atoms with Gasteiger partial charge in [0.15, 0.2) is 5.96 Å². The zero-order valence-corrected chi connectivity index (χ0v) is 18.0. The number of benzene rings is 1. The molecule has 160 valence electrons. The Hall–Kier alpha value is -2.93. The van der Waals surface area contributed by atoms with Crippen molar-refractivity contribution in [3.8, 4) is 0 Å². The number of guanidine groups is 1. The number of morpholine rings is 1. The second-order valence-electron chi connectivity index (χ2n) is 7.40. The molecule has 7 heteroatoms. The van der Waals surface area contributed by atoms with E-state index in [1.807, 2.05) is 0 Å². The van der Waals surface area contributed by atoms with Crippen LogP contribution in [0.15, 0.2) is 47.7 Å². The highest BCUT2D eigenvalue weighted by atomic mass is 16.5. The van der Waals surface area contributed by atoms with Gasteiger partial charge in [-0.05, 0) is 44.0 Å². The molecule has 1 unspecified atom stereocenters. The lowest BCUT2D eigenvalue weighted by molar-refractivity contribution is -0.00832. The van der Waals surface area contributed by atoms with Crippen LogP contribution < -0.4 is 10.6 Å². The first-order chi connectivity index (χ1) is 14.6. The Morgan fingerprint density at radius 2 is 2.17 bits per heavy atom. The number of ether oxygens (including phenoxy) is 1. The van der Waals surface area contributed by atoms with Crippen LogP contribution in [0.5, 0.6) is 0 Å². The maximum atomic E-state index is 12.1. The fourth-order valence-electron chi connectivity index (χ4n) is 3.57. The highest BCUT2D eigenvalue weighted by Crippen LogP contribution is 2.25. The zero-order valence-electron chi connectivity index (χ0n) is 18.0. The van der Waals surface area contributed by atoms with Crippen LogP contribution in [0.1, 0.15) is 40.1 Å². The van der Waals surface area contributed by atoms with Gasteiger partial charge in [-0.15, -0.1) is 0 Å². The first-order valence-electron chi connectivity index (χ1n) is 10.5. The molecule has 30 heavy (non-hydrogen) atoms. The van der Waals surface area contributed by atoms with Crippen molar-refractivity contribution >= 4 is 11.9 Å². The van der Waals surface area contributed by atoms with Crippen LogP contribution in [0.4, 0.5) is 0 Å². The van der Waals surface area contributed by atoms with Gasteiger partial charge in [-0.1, -0.05) is 23.8 Å². The van der Waals surface area contributed by atoms with Crippen molar-refractivity contribution in [2.24, 2.45) is 4.99 Å². The molecule has 7 nitrogen and oxygen atoms in total. The van der Waals surface area contributed by atoms with Crippen molar-refractivity contribution in [1.29, 1.82) is 0 Å². The van der Waals surface area contributed by atoms with E-state index in [1.165, 1.54) is 16.7 Å². The van der Waals surface area contributed by atoms with E-state index in [4.69, 9.17) is 9.73 Å². The third-order valence-corrected chi connectivity index (χ3v) is 5.06. The standard InChI is InChI=1S/C23H31N5O2/c1-4-25-23(27-11-10-26-22(29)19-6-5-9-24-15-19)28-12-13-30-21(16-28)20-8-7-17(2)14-18(20)3/h5-9,14-15,21H,4,10-13,16H2,1-3H3,(H,25,27)(H,26,29). The van der Waals surface area contributed by atoms with E-state index >= 15 is 0 Å². The minimum atomic E-state index is -0.135. The van der Waals surface area contributed by atoms with Gasteiger partial charge in [0, 0.05) is 32.0 Å². The SMILES string of the molecule is CCNC(=NCCNC(=O)c1cccnc1)N1CCOC(c2ccc(C)cc2C)C1. The number of pyridine rings is 1. The molecule has 0 aliphatic carbocycles. The predicted molar refractivity (Wildman–Crippen MR) is 119 cm³/mol. The molecule has 2 heterocycles. The number of amides is 1. The number of aromatic nitrogens is 1. The number of carbonyl (C=O) groups is 1. The summed E-state index contributed by atoms with van der Waals surface area (Å²) in [6.07, 6.45) is 3.23. The minimum absolute atomic E-state index is 0.0217. The normalized spacial score (nSPS) is 17.0. The van der Waals surface area contributed by atoms with Crippen LogP contribution in [0, 0.1) is 13.8 Å². The van der Waals surface area contributed by atoms with Gasteiger partial charge >= 0.3 is 0 Å². The van der Waals surface area contributed by atoms with Gasteiger partial charge in [0.25, 0.3) is 5.91 Å². The molecule has 1 aromatic heterocycles. The van der Waals surface area contributed by atoms with Crippen LogP contribution in [0.3, 0.4) is 0 Å². The molecule has 0 bridgehead atoms. The number of rotatable bonds is 6. The Kier molecular flexibility index (Phi) is 7.79. The molecule has 1 aliphatic heterocycles. The Bertz CT molecular complexity index is 869. The van der Waals surface area contributed by atoms with Gasteiger partial charge in [-0.25, -0.2) is 0 Å². The second kappa shape index (κ2) is 10.7. The van der Waals surface area contributed by atoms with Crippen molar-refractivity contribution in [2.45, 2.75) is 26.9 Å². The van der Waals surface area contributed by atoms with E-state index in [1.54, 1.807) is 24.5 Å². The minimum Gasteiger partial charge on any atom is -0.370 e. The molecule has 0 saturated carbocycles. The van der Waals surface area contributed by atoms with E-state index in [0.717, 1.165) is 25.6 Å². The third kappa shape index (κ3) is 5.79. The first kappa shape index (κ1) is 21.8. The van der Waals surface area contributed by atoms with Gasteiger partial charge in [0.05, 0.1) is 25.3 Å². The summed E-state index contributed by atoms with van der Waals surface area (Å²) in [7, 11) is 0. The molecule has 0 radical (unpaired) electrons. The quantitative estimate of drug-likeness (QED) is 0.435. The van der Waals surface area contributed by atoms with Gasteiger partial charge in [0.1, 0.15) is 6.10 Å². The Labute approximate surface area is 178 Å². The lowest BCUT2D eigenvalue weighted by atomic mass is 10.00. The summed E-state index contributed by atoms with van der Waals surface area (Å²) < 4.78 is 6.06. The van der Waals surface area contributed by atoms with E-state index in [9.17, 15) is 4.79 Å². The maximum absolute atomic E-state index is 12.1. The summed E-state index contributed by atoms with van der Waals surface area (Å²) >= 11 is 0. The number of nitrogens with one attached hydrogen (secondary N) is 2. The average Bonchev–Trinajstić information content (AvgIpc) is 2.76. The highest BCUT2D eigenvalue weighted by molar-refractivity contribution is 5.93. The Morgan fingerprint density at radius 3 is 2.90 bits per heavy atom. The fourth-order valence-corrected chi connectivity index (χ4v) is 3.57. The summed E-state index contributed by atoms with van der Waals surface area (Å²) in [5.74, 6) is 0.718. The summed E-state index contributed by atoms with van der Waals surface area (Å²) in [5, 5.41) is 6.26. The van der Waals surface area contributed by atoms with E-state index in [-0.39, 0.29) is 12.0 Å². The lowest BCUT2D eigenvalue weighted by Gasteiger charge is -2.36. The molecule has 3 rings (SSSR count). The number of aryl methyl sites for hydroxylation is 2. The van der Waals surface area contributed by atoms with Gasteiger partial charge in [0.2, 0.25) is 0 Å². The van der Waals surface area contributed by atoms with Crippen LogP contribution in [-0.4, -0.2) is 61.1 Å².